The number of fused-ring (bicyclic) bond motifs is 1. The van der Waals surface area contributed by atoms with Crippen molar-refractivity contribution in [2.45, 2.75) is 44.7 Å². The van der Waals surface area contributed by atoms with E-state index in [1.165, 1.54) is 32.1 Å². The molecule has 2 aromatic rings. The molecule has 1 saturated heterocycles. The molecule has 2 fully saturated rings. The topological polar surface area (TPSA) is 63.9 Å². The lowest BCUT2D eigenvalue weighted by molar-refractivity contribution is 0.0284. The smallest absolute Gasteiger partial charge is 0.289 e. The molecule has 1 aliphatic heterocycles. The maximum absolute atomic E-state index is 12.8. The van der Waals surface area contributed by atoms with Crippen molar-refractivity contribution in [1.82, 2.24) is 10.2 Å². The van der Waals surface area contributed by atoms with Gasteiger partial charge in [0.2, 0.25) is 0 Å². The van der Waals surface area contributed by atoms with Crippen LogP contribution >= 0.6 is 0 Å². The second-order valence-corrected chi connectivity index (χ2v) is 7.40. The van der Waals surface area contributed by atoms with Gasteiger partial charge in [0.15, 0.2) is 17.1 Å². The number of benzene rings is 1. The monoisotopic (exact) mass is 372 g/mol. The third kappa shape index (κ3) is 3.96. The van der Waals surface area contributed by atoms with Crippen LogP contribution in [0.1, 0.15) is 48.2 Å². The molecular formula is C21H28N2O4. The van der Waals surface area contributed by atoms with Crippen molar-refractivity contribution in [2.75, 3.05) is 33.4 Å². The van der Waals surface area contributed by atoms with Crippen molar-refractivity contribution in [3.63, 3.8) is 0 Å². The van der Waals surface area contributed by atoms with Crippen LogP contribution < -0.4 is 10.1 Å². The Kier molecular flexibility index (Phi) is 5.64. The van der Waals surface area contributed by atoms with Crippen LogP contribution in [0.25, 0.3) is 11.0 Å². The van der Waals surface area contributed by atoms with E-state index in [0.29, 0.717) is 49.4 Å². The van der Waals surface area contributed by atoms with Gasteiger partial charge in [-0.25, -0.2) is 0 Å². The van der Waals surface area contributed by atoms with Gasteiger partial charge in [0, 0.05) is 31.1 Å². The summed E-state index contributed by atoms with van der Waals surface area (Å²) in [6.07, 6.45) is 6.44. The summed E-state index contributed by atoms with van der Waals surface area (Å²) < 4.78 is 16.7. The lowest BCUT2D eigenvalue weighted by atomic mass is 9.95. The Bertz CT molecular complexity index is 789. The van der Waals surface area contributed by atoms with E-state index >= 15 is 0 Å². The van der Waals surface area contributed by atoms with Crippen molar-refractivity contribution in [2.24, 2.45) is 0 Å². The maximum atomic E-state index is 12.8. The summed E-state index contributed by atoms with van der Waals surface area (Å²) in [6, 6.07) is 6.44. The third-order valence-electron chi connectivity index (χ3n) is 5.65. The van der Waals surface area contributed by atoms with Gasteiger partial charge in [0.25, 0.3) is 5.91 Å². The summed E-state index contributed by atoms with van der Waals surface area (Å²) in [5.74, 6) is 0.950. The van der Waals surface area contributed by atoms with Crippen molar-refractivity contribution < 1.29 is 18.7 Å². The van der Waals surface area contributed by atoms with Crippen LogP contribution in [0, 0.1) is 0 Å². The van der Waals surface area contributed by atoms with E-state index in [9.17, 15) is 4.79 Å². The van der Waals surface area contributed by atoms with Gasteiger partial charge < -0.3 is 24.1 Å². The number of hydrogen-bond acceptors (Lipinski definition) is 5. The molecule has 1 aromatic carbocycles. The molecule has 146 valence electrons. The molecule has 0 unspecified atom stereocenters. The van der Waals surface area contributed by atoms with E-state index in [1.807, 2.05) is 12.1 Å². The van der Waals surface area contributed by atoms with Crippen LogP contribution in [0.3, 0.4) is 0 Å². The fourth-order valence-corrected chi connectivity index (χ4v) is 4.06. The number of nitrogens with one attached hydrogen (secondary N) is 1. The molecule has 0 atom stereocenters. The number of methoxy groups -OCH3 is 1. The summed E-state index contributed by atoms with van der Waals surface area (Å²) in [6.45, 7) is 3.12. The SMILES string of the molecule is COc1ccc(CNC2CCCCC2)c2cc(C(=O)N3CCOCC3)oc12. The first-order valence-corrected chi connectivity index (χ1v) is 9.96. The normalized spacial score (nSPS) is 18.8. The second kappa shape index (κ2) is 8.31. The van der Waals surface area contributed by atoms with Crippen LogP contribution in [0.2, 0.25) is 0 Å². The average Bonchev–Trinajstić information content (AvgIpc) is 3.18. The molecule has 6 nitrogen and oxygen atoms in total. The number of carbonyl (C=O) groups is 1. The van der Waals surface area contributed by atoms with Crippen molar-refractivity contribution in [1.29, 1.82) is 0 Å². The summed E-state index contributed by atoms with van der Waals surface area (Å²) >= 11 is 0. The largest absolute Gasteiger partial charge is 0.493 e. The third-order valence-corrected chi connectivity index (χ3v) is 5.65. The molecule has 1 N–H and O–H groups in total. The zero-order chi connectivity index (χ0) is 18.6. The summed E-state index contributed by atoms with van der Waals surface area (Å²) in [7, 11) is 1.63. The van der Waals surface area contributed by atoms with Crippen LogP contribution in [0.5, 0.6) is 5.75 Å². The number of hydrogen-bond donors (Lipinski definition) is 1. The zero-order valence-electron chi connectivity index (χ0n) is 16.0. The predicted molar refractivity (Wildman–Crippen MR) is 103 cm³/mol. The van der Waals surface area contributed by atoms with Crippen molar-refractivity contribution >= 4 is 16.9 Å². The molecule has 1 amide bonds. The van der Waals surface area contributed by atoms with Crippen LogP contribution in [0.15, 0.2) is 22.6 Å². The van der Waals surface area contributed by atoms with Gasteiger partial charge in [-0.2, -0.15) is 0 Å². The molecule has 6 heteroatoms. The van der Waals surface area contributed by atoms with E-state index in [-0.39, 0.29) is 5.91 Å². The highest BCUT2D eigenvalue weighted by atomic mass is 16.5. The Hall–Kier alpha value is -2.05. The molecule has 0 spiro atoms. The number of ether oxygens (including phenoxy) is 2. The minimum Gasteiger partial charge on any atom is -0.493 e. The number of nitrogens with zero attached hydrogens (tertiary/aromatic N) is 1. The lowest BCUT2D eigenvalue weighted by Crippen LogP contribution is -2.40. The highest BCUT2D eigenvalue weighted by molar-refractivity contribution is 5.98. The Balaban J connectivity index is 1.58. The second-order valence-electron chi connectivity index (χ2n) is 7.40. The van der Waals surface area contributed by atoms with E-state index in [1.54, 1.807) is 12.0 Å². The standard InChI is InChI=1S/C21H28N2O4/c1-25-18-8-7-15(14-22-16-5-3-2-4-6-16)17-13-19(27-20(17)18)21(24)23-9-11-26-12-10-23/h7-8,13,16,22H,2-6,9-12,14H2,1H3. The summed E-state index contributed by atoms with van der Waals surface area (Å²) in [5, 5.41) is 4.63. The molecule has 2 aliphatic rings. The molecule has 1 aliphatic carbocycles. The lowest BCUT2D eigenvalue weighted by Gasteiger charge is -2.25. The van der Waals surface area contributed by atoms with Crippen molar-refractivity contribution in [3.05, 3.63) is 29.5 Å². The number of furan rings is 1. The maximum Gasteiger partial charge on any atom is 0.289 e. The molecule has 0 bridgehead atoms. The van der Waals surface area contributed by atoms with E-state index < -0.39 is 0 Å². The van der Waals surface area contributed by atoms with Crippen LogP contribution in [-0.2, 0) is 11.3 Å². The predicted octanol–water partition coefficient (Wildman–Crippen LogP) is 3.34. The Morgan fingerprint density at radius 3 is 2.74 bits per heavy atom. The fraction of sp³-hybridized carbons (Fsp3) is 0.571. The van der Waals surface area contributed by atoms with Crippen LogP contribution in [-0.4, -0.2) is 50.3 Å². The van der Waals surface area contributed by atoms with Crippen LogP contribution in [0.4, 0.5) is 0 Å². The number of rotatable bonds is 5. The molecule has 1 aromatic heterocycles. The Labute approximate surface area is 159 Å². The Morgan fingerprint density at radius 1 is 1.22 bits per heavy atom. The summed E-state index contributed by atoms with van der Waals surface area (Å²) in [5.41, 5.74) is 1.79. The van der Waals surface area contributed by atoms with Gasteiger partial charge in [-0.05, 0) is 30.5 Å². The highest BCUT2D eigenvalue weighted by Gasteiger charge is 2.24. The number of morpholine rings is 1. The molecule has 1 saturated carbocycles. The molecule has 2 heterocycles. The molecule has 27 heavy (non-hydrogen) atoms. The van der Waals surface area contributed by atoms with E-state index in [4.69, 9.17) is 13.9 Å². The highest BCUT2D eigenvalue weighted by Crippen LogP contribution is 2.32. The van der Waals surface area contributed by atoms with Gasteiger partial charge in [-0.1, -0.05) is 25.3 Å². The first-order valence-electron chi connectivity index (χ1n) is 9.96. The van der Waals surface area contributed by atoms with E-state index in [2.05, 4.69) is 11.4 Å². The minimum absolute atomic E-state index is 0.0808. The molecule has 0 radical (unpaired) electrons. The zero-order valence-corrected chi connectivity index (χ0v) is 16.0. The van der Waals surface area contributed by atoms with Gasteiger partial charge in [0.05, 0.1) is 20.3 Å². The van der Waals surface area contributed by atoms with Crippen molar-refractivity contribution in [3.8, 4) is 5.75 Å². The quantitative estimate of drug-likeness (QED) is 0.872. The molecule has 4 rings (SSSR count). The number of carbonyl (C=O) groups excluding carboxylic acids is 1. The first kappa shape index (κ1) is 18.3. The Morgan fingerprint density at radius 2 is 2.00 bits per heavy atom. The van der Waals surface area contributed by atoms with Gasteiger partial charge in [0.1, 0.15) is 0 Å². The van der Waals surface area contributed by atoms with Gasteiger partial charge in [-0.3, -0.25) is 4.79 Å². The summed E-state index contributed by atoms with van der Waals surface area (Å²) in [4.78, 5) is 14.6. The fourth-order valence-electron chi connectivity index (χ4n) is 4.06. The first-order chi connectivity index (χ1) is 13.3. The minimum atomic E-state index is -0.0808. The average molecular weight is 372 g/mol. The number of amides is 1. The van der Waals surface area contributed by atoms with E-state index in [0.717, 1.165) is 17.5 Å². The van der Waals surface area contributed by atoms with Gasteiger partial charge in [-0.15, -0.1) is 0 Å². The van der Waals surface area contributed by atoms with Gasteiger partial charge >= 0.3 is 0 Å². The molecular weight excluding hydrogens is 344 g/mol.